The predicted octanol–water partition coefficient (Wildman–Crippen LogP) is 1.04. The van der Waals surface area contributed by atoms with Crippen LogP contribution in [0.3, 0.4) is 0 Å². The van der Waals surface area contributed by atoms with Crippen LogP contribution in [0, 0.1) is 0 Å². The number of nitrogens with zero attached hydrogens (tertiary/aromatic N) is 1. The van der Waals surface area contributed by atoms with Gasteiger partial charge in [-0.25, -0.2) is 0 Å². The molecule has 7 heteroatoms. The van der Waals surface area contributed by atoms with Crippen LogP contribution in [0.5, 0.6) is 0 Å². The maximum atomic E-state index is 12.0. The lowest BCUT2D eigenvalue weighted by Crippen LogP contribution is -2.44. The van der Waals surface area contributed by atoms with Gasteiger partial charge in [0, 0.05) is 31.4 Å². The third kappa shape index (κ3) is 7.51. The Bertz CT molecular complexity index is 345. The first-order chi connectivity index (χ1) is 8.95. The zero-order valence-electron chi connectivity index (χ0n) is 12.2. The van der Waals surface area contributed by atoms with Gasteiger partial charge in [0.05, 0.1) is 0 Å². The Hall–Kier alpha value is 0.180. The molecule has 0 radical (unpaired) electrons. The van der Waals surface area contributed by atoms with E-state index in [2.05, 4.69) is 17.0 Å². The second-order valence-electron chi connectivity index (χ2n) is 5.09. The molecule has 0 heterocycles. The zero-order chi connectivity index (χ0) is 14.3. The summed E-state index contributed by atoms with van der Waals surface area (Å²) in [5.41, 5.74) is 0. The standard InChI is InChI=1S/C12H27N3O2S2/c1-4-18-10-11(2)14-19(16,17)15(3)9-5-8-13-12-6-7-12/h11-14H,4-10H2,1-3H3. The lowest BCUT2D eigenvalue weighted by molar-refractivity contribution is 0.440. The van der Waals surface area contributed by atoms with Gasteiger partial charge in [-0.3, -0.25) is 0 Å². The van der Waals surface area contributed by atoms with Crippen LogP contribution in [0.25, 0.3) is 0 Å². The van der Waals surface area contributed by atoms with Gasteiger partial charge in [0.25, 0.3) is 10.2 Å². The lowest BCUT2D eigenvalue weighted by atomic mass is 10.4. The molecule has 1 rings (SSSR count). The van der Waals surface area contributed by atoms with Gasteiger partial charge in [-0.2, -0.15) is 29.2 Å². The van der Waals surface area contributed by atoms with Crippen molar-refractivity contribution in [3.63, 3.8) is 0 Å². The maximum absolute atomic E-state index is 12.0. The minimum Gasteiger partial charge on any atom is -0.314 e. The van der Waals surface area contributed by atoms with Gasteiger partial charge in [0.15, 0.2) is 0 Å². The molecular formula is C12H27N3O2S2. The van der Waals surface area contributed by atoms with Crippen molar-refractivity contribution in [3.05, 3.63) is 0 Å². The van der Waals surface area contributed by atoms with E-state index in [9.17, 15) is 8.42 Å². The molecule has 0 aromatic rings. The first-order valence-electron chi connectivity index (χ1n) is 7.00. The summed E-state index contributed by atoms with van der Waals surface area (Å²) in [5, 5.41) is 3.39. The van der Waals surface area contributed by atoms with Gasteiger partial charge in [-0.15, -0.1) is 0 Å². The van der Waals surface area contributed by atoms with Crippen molar-refractivity contribution in [1.82, 2.24) is 14.3 Å². The summed E-state index contributed by atoms with van der Waals surface area (Å²) in [4.78, 5) is 0. The topological polar surface area (TPSA) is 61.4 Å². The molecule has 1 fully saturated rings. The second kappa shape index (κ2) is 8.46. The van der Waals surface area contributed by atoms with Crippen LogP contribution < -0.4 is 10.0 Å². The second-order valence-corrected chi connectivity index (χ2v) is 8.22. The molecule has 1 aliphatic carbocycles. The van der Waals surface area contributed by atoms with Gasteiger partial charge >= 0.3 is 0 Å². The fourth-order valence-corrected chi connectivity index (χ4v) is 3.61. The van der Waals surface area contributed by atoms with Crippen molar-refractivity contribution in [2.45, 2.75) is 45.2 Å². The molecule has 114 valence electrons. The molecule has 2 N–H and O–H groups in total. The van der Waals surface area contributed by atoms with E-state index >= 15 is 0 Å². The van der Waals surface area contributed by atoms with Crippen LogP contribution in [-0.2, 0) is 10.2 Å². The van der Waals surface area contributed by atoms with Crippen LogP contribution in [0.4, 0.5) is 0 Å². The Kier molecular flexibility index (Phi) is 7.68. The minimum absolute atomic E-state index is 0.0259. The lowest BCUT2D eigenvalue weighted by Gasteiger charge is -2.21. The van der Waals surface area contributed by atoms with E-state index < -0.39 is 10.2 Å². The highest BCUT2D eigenvalue weighted by molar-refractivity contribution is 7.99. The first kappa shape index (κ1) is 17.2. The smallest absolute Gasteiger partial charge is 0.279 e. The van der Waals surface area contributed by atoms with Gasteiger partial charge < -0.3 is 5.32 Å². The molecule has 0 bridgehead atoms. The maximum Gasteiger partial charge on any atom is 0.279 e. The summed E-state index contributed by atoms with van der Waals surface area (Å²) in [6.07, 6.45) is 3.39. The van der Waals surface area contributed by atoms with E-state index in [0.29, 0.717) is 12.6 Å². The number of rotatable bonds is 11. The first-order valence-corrected chi connectivity index (χ1v) is 9.60. The van der Waals surface area contributed by atoms with Crippen molar-refractivity contribution in [2.24, 2.45) is 0 Å². The highest BCUT2D eigenvalue weighted by atomic mass is 32.2. The Morgan fingerprint density at radius 2 is 2.11 bits per heavy atom. The monoisotopic (exact) mass is 309 g/mol. The highest BCUT2D eigenvalue weighted by Gasteiger charge is 2.21. The van der Waals surface area contributed by atoms with Crippen molar-refractivity contribution in [3.8, 4) is 0 Å². The van der Waals surface area contributed by atoms with Gasteiger partial charge in [0.2, 0.25) is 0 Å². The summed E-state index contributed by atoms with van der Waals surface area (Å²) >= 11 is 1.74. The van der Waals surface area contributed by atoms with E-state index in [1.165, 1.54) is 17.1 Å². The largest absolute Gasteiger partial charge is 0.314 e. The molecule has 1 aliphatic rings. The van der Waals surface area contributed by atoms with Crippen LogP contribution >= 0.6 is 11.8 Å². The molecule has 1 saturated carbocycles. The van der Waals surface area contributed by atoms with Crippen molar-refractivity contribution in [2.75, 3.05) is 31.6 Å². The molecule has 1 atom stereocenters. The molecule has 0 saturated heterocycles. The number of hydrogen-bond donors (Lipinski definition) is 2. The molecule has 0 aromatic carbocycles. The molecule has 0 aliphatic heterocycles. The SMILES string of the molecule is CCSCC(C)NS(=O)(=O)N(C)CCCNC1CC1. The van der Waals surface area contributed by atoms with Crippen molar-refractivity contribution in [1.29, 1.82) is 0 Å². The van der Waals surface area contributed by atoms with Gasteiger partial charge in [-0.1, -0.05) is 6.92 Å². The van der Waals surface area contributed by atoms with Gasteiger partial charge in [0.1, 0.15) is 0 Å². The Morgan fingerprint density at radius 1 is 1.42 bits per heavy atom. The van der Waals surface area contributed by atoms with Crippen LogP contribution in [0.15, 0.2) is 0 Å². The molecule has 0 spiro atoms. The van der Waals surface area contributed by atoms with Crippen LogP contribution in [-0.4, -0.2) is 56.4 Å². The molecular weight excluding hydrogens is 282 g/mol. The molecule has 0 amide bonds. The number of thioether (sulfide) groups is 1. The zero-order valence-corrected chi connectivity index (χ0v) is 13.8. The average molecular weight is 310 g/mol. The number of hydrogen-bond acceptors (Lipinski definition) is 4. The summed E-state index contributed by atoms with van der Waals surface area (Å²) in [6.45, 7) is 5.43. The summed E-state index contributed by atoms with van der Waals surface area (Å²) in [5.74, 6) is 1.82. The molecule has 1 unspecified atom stereocenters. The third-order valence-corrected chi connectivity index (χ3v) is 5.84. The quantitative estimate of drug-likeness (QED) is 0.560. The van der Waals surface area contributed by atoms with Crippen molar-refractivity contribution < 1.29 is 8.42 Å². The molecule has 19 heavy (non-hydrogen) atoms. The van der Waals surface area contributed by atoms with Crippen LogP contribution in [0.1, 0.15) is 33.1 Å². The summed E-state index contributed by atoms with van der Waals surface area (Å²) in [7, 11) is -1.69. The molecule has 0 aromatic heterocycles. The van der Waals surface area contributed by atoms with E-state index in [1.54, 1.807) is 18.8 Å². The van der Waals surface area contributed by atoms with Gasteiger partial charge in [-0.05, 0) is 38.5 Å². The van der Waals surface area contributed by atoms with Crippen LogP contribution in [0.2, 0.25) is 0 Å². The Labute approximate surface area is 122 Å². The third-order valence-electron chi connectivity index (χ3n) is 2.99. The fourth-order valence-electron chi connectivity index (χ4n) is 1.69. The highest BCUT2D eigenvalue weighted by Crippen LogP contribution is 2.18. The van der Waals surface area contributed by atoms with E-state index in [1.807, 2.05) is 6.92 Å². The summed E-state index contributed by atoms with van der Waals surface area (Å²) < 4.78 is 28.2. The predicted molar refractivity (Wildman–Crippen MR) is 82.8 cm³/mol. The Balaban J connectivity index is 2.20. The molecule has 5 nitrogen and oxygen atoms in total. The normalized spacial score (nSPS) is 17.9. The van der Waals surface area contributed by atoms with E-state index in [0.717, 1.165) is 24.5 Å². The fraction of sp³-hybridized carbons (Fsp3) is 1.00. The Morgan fingerprint density at radius 3 is 2.68 bits per heavy atom. The number of nitrogens with one attached hydrogen (secondary N) is 2. The summed E-state index contributed by atoms with van der Waals surface area (Å²) in [6, 6.07) is 0.660. The minimum atomic E-state index is -3.33. The van der Waals surface area contributed by atoms with Crippen molar-refractivity contribution >= 4 is 22.0 Å². The van der Waals surface area contributed by atoms with E-state index in [4.69, 9.17) is 0 Å². The average Bonchev–Trinajstić information content (AvgIpc) is 3.15. The van der Waals surface area contributed by atoms with E-state index in [-0.39, 0.29) is 6.04 Å².